The molecule has 0 radical (unpaired) electrons. The molecule has 0 aliphatic carbocycles. The lowest BCUT2D eigenvalue weighted by Crippen LogP contribution is -2.73. The van der Waals surface area contributed by atoms with Gasteiger partial charge in [0.25, 0.3) is 0 Å². The van der Waals surface area contributed by atoms with Gasteiger partial charge in [-0.05, 0) is 13.8 Å². The monoisotopic (exact) mass is 279 g/mol. The fourth-order valence-electron chi connectivity index (χ4n) is 1.47. The summed E-state index contributed by atoms with van der Waals surface area (Å²) in [6.45, 7) is -5.27. The predicted molar refractivity (Wildman–Crippen MR) is 60.0 cm³/mol. The Morgan fingerprint density at radius 2 is 1.63 bits per heavy atom. The molecule has 0 bridgehead atoms. The highest BCUT2D eigenvalue weighted by Gasteiger charge is 2.65. The first-order valence-electron chi connectivity index (χ1n) is 6.97. The third-order valence-electron chi connectivity index (χ3n) is 2.62. The highest BCUT2D eigenvalue weighted by atomic mass is 16.4. The lowest BCUT2D eigenvalue weighted by atomic mass is 9.70. The van der Waals surface area contributed by atoms with Gasteiger partial charge >= 0.3 is 0 Å². The molecule has 0 aromatic rings. The molecule has 0 rings (SSSR count). The number of Topliss-reactive ketones (excluding diaryl/α,β-unsaturated/α-hetero) is 4. The Morgan fingerprint density at radius 1 is 1.11 bits per heavy atom. The first kappa shape index (κ1) is 12.5. The summed E-state index contributed by atoms with van der Waals surface area (Å²) in [4.78, 5) is 46.7. The van der Waals surface area contributed by atoms with Crippen molar-refractivity contribution in [1.82, 2.24) is 0 Å². The Balaban J connectivity index is 6.46. The highest BCUT2D eigenvalue weighted by molar-refractivity contribution is 6.45. The van der Waals surface area contributed by atoms with Gasteiger partial charge in [0.15, 0.2) is 23.0 Å². The maximum atomic E-state index is 11.9. The summed E-state index contributed by atoms with van der Waals surface area (Å²) >= 11 is 0. The molecule has 3 atom stereocenters. The molecule has 0 saturated carbocycles. The van der Waals surface area contributed by atoms with Crippen LogP contribution in [0.5, 0.6) is 0 Å². The average molecular weight is 279 g/mol. The Morgan fingerprint density at radius 3 is 2.00 bits per heavy atom. The van der Waals surface area contributed by atoms with E-state index in [4.69, 9.17) is 9.22 Å². The molecule has 108 valence electrons. The highest BCUT2D eigenvalue weighted by Crippen LogP contribution is 2.30. The van der Waals surface area contributed by atoms with E-state index in [1.165, 1.54) is 0 Å². The second-order valence-corrected chi connectivity index (χ2v) is 3.77. The van der Waals surface area contributed by atoms with E-state index in [-0.39, 0.29) is 0 Å². The number of ketones is 4. The summed E-state index contributed by atoms with van der Waals surface area (Å²) in [6, 6.07) is 0. The second kappa shape index (κ2) is 5.66. The van der Waals surface area contributed by atoms with Crippen LogP contribution in [-0.2, 0) is 19.2 Å². The third kappa shape index (κ3) is 2.47. The van der Waals surface area contributed by atoms with Crippen LogP contribution in [-0.4, -0.2) is 67.5 Å². The van der Waals surface area contributed by atoms with Crippen LogP contribution >= 0.6 is 0 Å². The fraction of sp³-hybridized carbons (Fsp3) is 0.636. The summed E-state index contributed by atoms with van der Waals surface area (Å²) in [6.07, 6.45) is -2.58. The Kier molecular flexibility index (Phi) is 3.74. The average Bonchev–Trinajstić information content (AvgIpc) is 2.55. The Labute approximate surface area is 112 Å². The van der Waals surface area contributed by atoms with Gasteiger partial charge < -0.3 is 20.4 Å². The number of carbonyl (C=O) groups is 4. The molecule has 0 aliphatic rings. The molecular formula is C11H16O8. The van der Waals surface area contributed by atoms with Gasteiger partial charge in [0, 0.05) is 11.0 Å². The summed E-state index contributed by atoms with van der Waals surface area (Å²) in [7, 11) is 0. The first-order chi connectivity index (χ1) is 10.1. The molecule has 8 nitrogen and oxygen atoms in total. The minimum atomic E-state index is -3.87. The van der Waals surface area contributed by atoms with E-state index in [9.17, 15) is 34.5 Å². The zero-order chi connectivity index (χ0) is 17.7. The molecule has 0 spiro atoms. The number of aliphatic hydroxyl groups excluding tert-OH is 2. The van der Waals surface area contributed by atoms with Gasteiger partial charge in [-0.3, -0.25) is 19.2 Å². The maximum absolute atomic E-state index is 11.9. The van der Waals surface area contributed by atoms with Gasteiger partial charge in [0.1, 0.15) is 6.10 Å². The van der Waals surface area contributed by atoms with Crippen molar-refractivity contribution in [2.75, 3.05) is 6.61 Å². The second-order valence-electron chi connectivity index (χ2n) is 3.77. The zero-order valence-corrected chi connectivity index (χ0v) is 9.83. The van der Waals surface area contributed by atoms with E-state index in [0.717, 1.165) is 0 Å². The molecule has 0 unspecified atom stereocenters. The van der Waals surface area contributed by atoms with Gasteiger partial charge in [-0.1, -0.05) is 0 Å². The van der Waals surface area contributed by atoms with Crippen LogP contribution in [0.3, 0.4) is 0 Å². The van der Waals surface area contributed by atoms with Crippen LogP contribution in [0.1, 0.15) is 24.8 Å². The minimum absolute atomic E-state index is 1.23. The van der Waals surface area contributed by atoms with E-state index >= 15 is 0 Å². The smallest absolute Gasteiger partial charge is 0.240 e. The van der Waals surface area contributed by atoms with Gasteiger partial charge in [0.05, 0.1) is 6.61 Å². The van der Waals surface area contributed by atoms with Crippen molar-refractivity contribution < 1.29 is 43.7 Å². The third-order valence-corrected chi connectivity index (χ3v) is 2.62. The van der Waals surface area contributed by atoms with Gasteiger partial charge in [-0.15, -0.1) is 0 Å². The fourth-order valence-corrected chi connectivity index (χ4v) is 1.47. The summed E-state index contributed by atoms with van der Waals surface area (Å²) in [5, 5.41) is 38.9. The molecule has 19 heavy (non-hydrogen) atoms. The number of rotatable bonds is 7. The summed E-state index contributed by atoms with van der Waals surface area (Å²) < 4.78 is 20.6. The van der Waals surface area contributed by atoms with Crippen LogP contribution < -0.4 is 0 Å². The molecule has 0 aromatic carbocycles. The molecule has 0 saturated heterocycles. The van der Waals surface area contributed by atoms with E-state index in [2.05, 4.69) is 0 Å². The van der Waals surface area contributed by atoms with Crippen molar-refractivity contribution in [3.63, 3.8) is 0 Å². The van der Waals surface area contributed by atoms with Crippen LogP contribution in [0.4, 0.5) is 0 Å². The normalized spacial score (nSPS) is 20.9. The standard InChI is InChI=1S/C11H16O8/c1-5(13)9(17)11(19,7(3)15)10(18,6(2)14)8(16)4-12/h8,12,16,18-19H,4H2,1-3H3/t8-,10-,11-/m1/s1/i1D,2D,3D. The first-order valence-corrected chi connectivity index (χ1v) is 4.85. The van der Waals surface area contributed by atoms with Crippen LogP contribution in [0.15, 0.2) is 0 Å². The molecule has 0 fully saturated rings. The van der Waals surface area contributed by atoms with Crippen molar-refractivity contribution in [3.8, 4) is 0 Å². The number of aliphatic hydroxyl groups is 4. The number of carbonyl (C=O) groups excluding carboxylic acids is 4. The molecule has 0 amide bonds. The minimum Gasteiger partial charge on any atom is -0.394 e. The SMILES string of the molecule is [2H]CC(=O)C(=O)[C@](O)(C(=O)C[2H])[C@@](O)(C(=O)C[2H])[C@H](O)CO. The van der Waals surface area contributed by atoms with Gasteiger partial charge in [-0.25, -0.2) is 0 Å². The molecule has 0 aliphatic heterocycles. The zero-order valence-electron chi connectivity index (χ0n) is 12.8. The Hall–Kier alpha value is -1.48. The van der Waals surface area contributed by atoms with Crippen LogP contribution in [0, 0.1) is 0 Å². The maximum Gasteiger partial charge on any atom is 0.240 e. The lowest BCUT2D eigenvalue weighted by molar-refractivity contribution is -0.207. The van der Waals surface area contributed by atoms with Crippen molar-refractivity contribution in [1.29, 1.82) is 0 Å². The van der Waals surface area contributed by atoms with E-state index < -0.39 is 67.7 Å². The lowest BCUT2D eigenvalue weighted by Gasteiger charge is -2.40. The summed E-state index contributed by atoms with van der Waals surface area (Å²) in [5.41, 5.74) is -7.56. The van der Waals surface area contributed by atoms with Crippen molar-refractivity contribution in [2.45, 2.75) is 38.0 Å². The molecule has 8 heteroatoms. The van der Waals surface area contributed by atoms with E-state index in [1.807, 2.05) is 0 Å². The number of hydrogen-bond acceptors (Lipinski definition) is 8. The topological polar surface area (TPSA) is 149 Å². The molecule has 0 heterocycles. The largest absolute Gasteiger partial charge is 0.394 e. The summed E-state index contributed by atoms with van der Waals surface area (Å²) in [5.74, 6) is -7.25. The van der Waals surface area contributed by atoms with E-state index in [1.54, 1.807) is 0 Å². The number of hydrogen-bond donors (Lipinski definition) is 4. The van der Waals surface area contributed by atoms with Crippen molar-refractivity contribution in [3.05, 3.63) is 0 Å². The molecule has 0 aromatic heterocycles. The quantitative estimate of drug-likeness (QED) is 0.287. The van der Waals surface area contributed by atoms with Crippen molar-refractivity contribution >= 4 is 23.1 Å². The van der Waals surface area contributed by atoms with Gasteiger partial charge in [0.2, 0.25) is 11.4 Å². The van der Waals surface area contributed by atoms with Gasteiger partial charge in [-0.2, -0.15) is 0 Å². The van der Waals surface area contributed by atoms with Crippen LogP contribution in [0.2, 0.25) is 0 Å². The molecule has 4 N–H and O–H groups in total. The Bertz CT molecular complexity index is 482. The molecular weight excluding hydrogens is 260 g/mol. The predicted octanol–water partition coefficient (Wildman–Crippen LogP) is -2.86. The van der Waals surface area contributed by atoms with Crippen molar-refractivity contribution in [2.24, 2.45) is 0 Å². The van der Waals surface area contributed by atoms with Crippen LogP contribution in [0.25, 0.3) is 0 Å². The van der Waals surface area contributed by atoms with E-state index in [0.29, 0.717) is 0 Å².